The Hall–Kier alpha value is -3.74. The van der Waals surface area contributed by atoms with Gasteiger partial charge in [-0.2, -0.15) is 10.2 Å². The minimum absolute atomic E-state index is 0.686. The Labute approximate surface area is 196 Å². The molecule has 3 rings (SSSR count). The number of hydrogen-bond acceptors (Lipinski definition) is 6. The van der Waals surface area contributed by atoms with E-state index in [0.29, 0.717) is 11.4 Å². The number of nitrogens with zero attached hydrogens (tertiary/aromatic N) is 6. The van der Waals surface area contributed by atoms with Gasteiger partial charge in [-0.3, -0.25) is 4.68 Å². The maximum Gasteiger partial charge on any atom is 0.130 e. The average Bonchev–Trinajstić information content (AvgIpc) is 3.16. The highest BCUT2D eigenvalue weighted by Gasteiger charge is 2.15. The van der Waals surface area contributed by atoms with Crippen LogP contribution in [0.25, 0.3) is 5.70 Å². The fraction of sp³-hybridized carbons (Fsp3) is 0.308. The lowest BCUT2D eigenvalue weighted by atomic mass is 10.1. The van der Waals surface area contributed by atoms with Crippen LogP contribution in [0, 0.1) is 13.8 Å². The summed E-state index contributed by atoms with van der Waals surface area (Å²) in [7, 11) is 1.90. The zero-order chi connectivity index (χ0) is 23.6. The Balaban J connectivity index is 1.80. The molecule has 7 heteroatoms. The molecular weight excluding hydrogens is 410 g/mol. The second kappa shape index (κ2) is 11.8. The number of aromatic nitrogens is 2. The summed E-state index contributed by atoms with van der Waals surface area (Å²) in [5, 5.41) is 13.2. The van der Waals surface area contributed by atoms with Gasteiger partial charge in [0.25, 0.3) is 0 Å². The van der Waals surface area contributed by atoms with Crippen LogP contribution in [0.3, 0.4) is 0 Å². The Morgan fingerprint density at radius 1 is 1.12 bits per heavy atom. The van der Waals surface area contributed by atoms with Crippen LogP contribution in [-0.2, 0) is 7.05 Å². The summed E-state index contributed by atoms with van der Waals surface area (Å²) in [4.78, 5) is 6.51. The van der Waals surface area contributed by atoms with Crippen LogP contribution in [0.1, 0.15) is 41.8 Å². The fourth-order valence-electron chi connectivity index (χ4n) is 3.75. The lowest BCUT2D eigenvalue weighted by Crippen LogP contribution is -2.29. The third kappa shape index (κ3) is 6.87. The molecule has 0 saturated carbocycles. The normalized spacial score (nSPS) is 16.2. The molecule has 0 atom stereocenters. The van der Waals surface area contributed by atoms with Gasteiger partial charge in [-0.15, -0.1) is 5.10 Å². The van der Waals surface area contributed by atoms with Crippen molar-refractivity contribution < 1.29 is 0 Å². The minimum atomic E-state index is 0.686. The predicted molar refractivity (Wildman–Crippen MR) is 139 cm³/mol. The number of rotatable bonds is 8. The molecule has 1 aliphatic rings. The van der Waals surface area contributed by atoms with Crippen molar-refractivity contribution in [1.29, 1.82) is 0 Å². The third-order valence-corrected chi connectivity index (χ3v) is 5.43. The van der Waals surface area contributed by atoms with Gasteiger partial charge in [-0.25, -0.2) is 4.99 Å². The zero-order valence-corrected chi connectivity index (χ0v) is 19.8. The first-order valence-electron chi connectivity index (χ1n) is 11.2. The Morgan fingerprint density at radius 3 is 2.58 bits per heavy atom. The number of aliphatic imine (C=N–C) groups is 1. The highest BCUT2D eigenvalue weighted by Crippen LogP contribution is 2.17. The van der Waals surface area contributed by atoms with E-state index in [1.807, 2.05) is 63.4 Å². The number of piperidine rings is 1. The molecule has 1 aliphatic heterocycles. The molecule has 0 unspecified atom stereocenters. The molecule has 172 valence electrons. The Kier molecular flexibility index (Phi) is 8.52. The van der Waals surface area contributed by atoms with E-state index in [0.717, 1.165) is 48.7 Å². The summed E-state index contributed by atoms with van der Waals surface area (Å²) in [6.07, 6.45) is 12.7. The lowest BCUT2D eigenvalue weighted by Gasteiger charge is -2.28. The molecule has 0 aliphatic carbocycles. The van der Waals surface area contributed by atoms with E-state index in [-0.39, 0.29) is 0 Å². The summed E-state index contributed by atoms with van der Waals surface area (Å²) < 4.78 is 1.80. The Morgan fingerprint density at radius 2 is 1.91 bits per heavy atom. The van der Waals surface area contributed by atoms with Gasteiger partial charge in [0, 0.05) is 38.1 Å². The van der Waals surface area contributed by atoms with Crippen LogP contribution in [0.5, 0.6) is 0 Å². The first-order chi connectivity index (χ1) is 16.0. The van der Waals surface area contributed by atoms with E-state index < -0.39 is 0 Å². The van der Waals surface area contributed by atoms with E-state index in [4.69, 9.17) is 5.73 Å². The zero-order valence-electron chi connectivity index (χ0n) is 19.8. The summed E-state index contributed by atoms with van der Waals surface area (Å²) in [6.45, 7) is 9.73. The molecule has 2 aromatic rings. The number of aryl methyl sites for hydroxylation is 3. The summed E-state index contributed by atoms with van der Waals surface area (Å²) in [5.74, 6) is 0.812. The molecule has 0 amide bonds. The third-order valence-electron chi connectivity index (χ3n) is 5.43. The van der Waals surface area contributed by atoms with Crippen LogP contribution in [0.15, 0.2) is 75.7 Å². The molecule has 1 aromatic heterocycles. The molecular formula is C26H33N7. The number of benzene rings is 1. The summed E-state index contributed by atoms with van der Waals surface area (Å²) in [5.41, 5.74) is 11.5. The molecule has 0 spiro atoms. The first-order valence-corrected chi connectivity index (χ1v) is 11.2. The largest absolute Gasteiger partial charge is 0.398 e. The molecule has 1 fully saturated rings. The van der Waals surface area contributed by atoms with Gasteiger partial charge in [0.2, 0.25) is 0 Å². The highest BCUT2D eigenvalue weighted by molar-refractivity contribution is 6.08. The van der Waals surface area contributed by atoms with Crippen molar-refractivity contribution in [2.45, 2.75) is 33.1 Å². The molecule has 2 heterocycles. The molecule has 0 radical (unpaired) electrons. The second-order valence-electron chi connectivity index (χ2n) is 8.13. The van der Waals surface area contributed by atoms with Gasteiger partial charge >= 0.3 is 0 Å². The van der Waals surface area contributed by atoms with E-state index in [1.54, 1.807) is 17.0 Å². The van der Waals surface area contributed by atoms with Gasteiger partial charge in [-0.05, 0) is 69.7 Å². The first kappa shape index (κ1) is 23.9. The summed E-state index contributed by atoms with van der Waals surface area (Å²) in [6, 6.07) is 10.1. The van der Waals surface area contributed by atoms with E-state index in [2.05, 4.69) is 38.0 Å². The van der Waals surface area contributed by atoms with Crippen molar-refractivity contribution in [1.82, 2.24) is 14.7 Å². The fourth-order valence-corrected chi connectivity index (χ4v) is 3.75. The number of allylic oxidation sites excluding steroid dienone is 4. The van der Waals surface area contributed by atoms with Crippen molar-refractivity contribution in [3.05, 3.63) is 83.0 Å². The van der Waals surface area contributed by atoms with Crippen LogP contribution in [-0.4, -0.2) is 46.4 Å². The monoisotopic (exact) mass is 443 g/mol. The van der Waals surface area contributed by atoms with Gasteiger partial charge in [0.15, 0.2) is 0 Å². The predicted octanol–water partition coefficient (Wildman–Crippen LogP) is 4.40. The van der Waals surface area contributed by atoms with Crippen LogP contribution < -0.4 is 5.73 Å². The maximum atomic E-state index is 6.16. The summed E-state index contributed by atoms with van der Waals surface area (Å²) >= 11 is 0. The molecule has 0 bridgehead atoms. The average molecular weight is 444 g/mol. The van der Waals surface area contributed by atoms with Crippen LogP contribution in [0.2, 0.25) is 0 Å². The van der Waals surface area contributed by atoms with Crippen LogP contribution in [0.4, 0.5) is 0 Å². The van der Waals surface area contributed by atoms with E-state index in [1.165, 1.54) is 12.0 Å². The van der Waals surface area contributed by atoms with Crippen molar-refractivity contribution >= 4 is 24.3 Å². The SMILES string of the molecule is C=N/C(=C/C(=N\N=CC=CC=C(N)c1cccc(C)c1)c1cc(C)nn1C)N1CCCCC1. The molecule has 7 nitrogen and oxygen atoms in total. The van der Waals surface area contributed by atoms with Gasteiger partial charge in [0.05, 0.1) is 11.4 Å². The van der Waals surface area contributed by atoms with E-state index >= 15 is 0 Å². The molecule has 2 N–H and O–H groups in total. The smallest absolute Gasteiger partial charge is 0.130 e. The van der Waals surface area contributed by atoms with Crippen molar-refractivity contribution in [2.75, 3.05) is 13.1 Å². The van der Waals surface area contributed by atoms with Crippen molar-refractivity contribution in [3.63, 3.8) is 0 Å². The van der Waals surface area contributed by atoms with Gasteiger partial charge in [-0.1, -0.05) is 29.8 Å². The minimum Gasteiger partial charge on any atom is -0.398 e. The quantitative estimate of drug-likeness (QED) is 0.373. The van der Waals surface area contributed by atoms with Gasteiger partial charge in [0.1, 0.15) is 11.5 Å². The van der Waals surface area contributed by atoms with Crippen LogP contribution >= 0.6 is 0 Å². The Bertz CT molecular complexity index is 1110. The van der Waals surface area contributed by atoms with E-state index in [9.17, 15) is 0 Å². The maximum absolute atomic E-state index is 6.16. The molecule has 33 heavy (non-hydrogen) atoms. The lowest BCUT2D eigenvalue weighted by molar-refractivity contribution is 0.284. The topological polar surface area (TPSA) is 84.2 Å². The van der Waals surface area contributed by atoms with Crippen molar-refractivity contribution in [2.24, 2.45) is 28.0 Å². The number of nitrogens with two attached hydrogens (primary N) is 1. The molecule has 1 saturated heterocycles. The standard InChI is InChI=1S/C26H33N7/c1-20-11-10-12-22(17-20)23(27)13-6-7-14-29-30-24(25-18-21(2)31-32(25)4)19-26(28-3)33-15-8-5-9-16-33/h6-7,10-14,17-19H,3,5,8-9,15-16,27H2,1-2,4H3/b7-6?,23-13?,26-19-,29-14?,30-24+. The van der Waals surface area contributed by atoms with Crippen molar-refractivity contribution in [3.8, 4) is 0 Å². The molecule has 1 aromatic carbocycles. The highest BCUT2D eigenvalue weighted by atomic mass is 15.3. The van der Waals surface area contributed by atoms with Gasteiger partial charge < -0.3 is 10.6 Å². The second-order valence-corrected chi connectivity index (χ2v) is 8.13. The number of hydrogen-bond donors (Lipinski definition) is 1. The number of likely N-dealkylation sites (tertiary alicyclic amines) is 1.